The quantitative estimate of drug-likeness (QED) is 0.595. The Morgan fingerprint density at radius 2 is 1.97 bits per heavy atom. The van der Waals surface area contributed by atoms with Crippen LogP contribution in [0.4, 0.5) is 0 Å². The van der Waals surface area contributed by atoms with Gasteiger partial charge in [0.1, 0.15) is 17.0 Å². The molecule has 0 saturated heterocycles. The van der Waals surface area contributed by atoms with Gasteiger partial charge in [-0.3, -0.25) is 4.79 Å². The van der Waals surface area contributed by atoms with Gasteiger partial charge in [-0.2, -0.15) is 5.10 Å². The molecule has 9 nitrogen and oxygen atoms in total. The Kier molecular flexibility index (Phi) is 4.91. The molecule has 0 amide bonds. The number of rotatable bonds is 4. The van der Waals surface area contributed by atoms with E-state index in [0.717, 1.165) is 37.4 Å². The molecule has 3 aromatic rings. The van der Waals surface area contributed by atoms with Crippen LogP contribution >= 0.6 is 0 Å². The number of fused-ring (bicyclic) bond motifs is 1. The average Bonchev–Trinajstić information content (AvgIpc) is 3.05. The molecule has 154 valence electrons. The Morgan fingerprint density at radius 3 is 2.62 bits per heavy atom. The third-order valence-corrected chi connectivity index (χ3v) is 6.93. The fourth-order valence-corrected chi connectivity index (χ4v) is 4.72. The van der Waals surface area contributed by atoms with Gasteiger partial charge in [-0.05, 0) is 32.0 Å². The second-order valence-electron chi connectivity index (χ2n) is 7.34. The molecular formula is C19H23N5O4S. The zero-order valence-corrected chi connectivity index (χ0v) is 17.1. The highest BCUT2D eigenvalue weighted by molar-refractivity contribution is 7.89. The first kappa shape index (κ1) is 19.6. The van der Waals surface area contributed by atoms with Crippen LogP contribution in [0.2, 0.25) is 0 Å². The van der Waals surface area contributed by atoms with Gasteiger partial charge in [0.15, 0.2) is 5.65 Å². The fourth-order valence-electron chi connectivity index (χ4n) is 3.97. The molecule has 1 aliphatic rings. The normalized spacial score (nSPS) is 15.8. The zero-order valence-electron chi connectivity index (χ0n) is 16.3. The smallest absolute Gasteiger partial charge is 0.262 e. The summed E-state index contributed by atoms with van der Waals surface area (Å²) in [4.78, 5) is 20.1. The Bertz CT molecular complexity index is 1240. The van der Waals surface area contributed by atoms with E-state index in [9.17, 15) is 18.3 Å². The van der Waals surface area contributed by atoms with Gasteiger partial charge in [0.2, 0.25) is 10.0 Å². The molecular weight excluding hydrogens is 394 g/mol. The molecule has 1 aliphatic carbocycles. The Hall–Kier alpha value is -2.72. The number of aryl methyl sites for hydroxylation is 1. The number of aromatic amines is 1. The number of H-pyrrole nitrogens is 1. The van der Waals surface area contributed by atoms with Crippen molar-refractivity contribution in [2.75, 3.05) is 7.05 Å². The summed E-state index contributed by atoms with van der Waals surface area (Å²) < 4.78 is 27.6. The summed E-state index contributed by atoms with van der Waals surface area (Å²) in [5.41, 5.74) is 1.14. The van der Waals surface area contributed by atoms with E-state index in [2.05, 4.69) is 19.8 Å². The van der Waals surface area contributed by atoms with Crippen molar-refractivity contribution in [3.05, 3.63) is 34.2 Å². The summed E-state index contributed by atoms with van der Waals surface area (Å²) in [7, 11) is -0.660. The lowest BCUT2D eigenvalue weighted by molar-refractivity contribution is 0.435. The SMILES string of the molecule is CNS(=O)(=O)c1ccc(-c2nc3c(c(C4CCCCC4)nn3C)c(=O)[nH]2)c(O)c1. The summed E-state index contributed by atoms with van der Waals surface area (Å²) in [6, 6.07) is 3.89. The molecule has 2 aromatic heterocycles. The summed E-state index contributed by atoms with van der Waals surface area (Å²) in [5, 5.41) is 15.4. The van der Waals surface area contributed by atoms with Gasteiger partial charge in [-0.1, -0.05) is 19.3 Å². The molecule has 0 radical (unpaired) electrons. The van der Waals surface area contributed by atoms with E-state index in [-0.39, 0.29) is 33.5 Å². The monoisotopic (exact) mass is 417 g/mol. The van der Waals surface area contributed by atoms with Crippen molar-refractivity contribution in [3.8, 4) is 17.1 Å². The maximum Gasteiger partial charge on any atom is 0.262 e. The number of phenolic OH excluding ortho intramolecular Hbond substituents is 1. The molecule has 0 atom stereocenters. The molecule has 3 N–H and O–H groups in total. The van der Waals surface area contributed by atoms with Gasteiger partial charge < -0.3 is 10.1 Å². The van der Waals surface area contributed by atoms with E-state index in [4.69, 9.17) is 0 Å². The minimum absolute atomic E-state index is 0.0789. The van der Waals surface area contributed by atoms with Crippen LogP contribution in [0.25, 0.3) is 22.4 Å². The van der Waals surface area contributed by atoms with E-state index < -0.39 is 10.0 Å². The molecule has 10 heteroatoms. The van der Waals surface area contributed by atoms with Gasteiger partial charge in [0.05, 0.1) is 16.2 Å². The van der Waals surface area contributed by atoms with Crippen molar-refractivity contribution in [1.29, 1.82) is 0 Å². The Morgan fingerprint density at radius 1 is 1.24 bits per heavy atom. The largest absolute Gasteiger partial charge is 0.507 e. The summed E-state index contributed by atoms with van der Waals surface area (Å²) in [5.74, 6) is 0.116. The Balaban J connectivity index is 1.82. The van der Waals surface area contributed by atoms with Gasteiger partial charge in [-0.25, -0.2) is 22.8 Å². The molecule has 4 rings (SSSR count). The average molecular weight is 417 g/mol. The lowest BCUT2D eigenvalue weighted by Gasteiger charge is -2.19. The van der Waals surface area contributed by atoms with Crippen LogP contribution in [-0.2, 0) is 17.1 Å². The van der Waals surface area contributed by atoms with E-state index >= 15 is 0 Å². The maximum atomic E-state index is 12.9. The molecule has 1 saturated carbocycles. The number of sulfonamides is 1. The van der Waals surface area contributed by atoms with Crippen LogP contribution in [0.3, 0.4) is 0 Å². The van der Waals surface area contributed by atoms with E-state index in [1.165, 1.54) is 25.6 Å². The van der Waals surface area contributed by atoms with Crippen molar-refractivity contribution in [2.24, 2.45) is 7.05 Å². The summed E-state index contributed by atoms with van der Waals surface area (Å²) in [6.07, 6.45) is 5.48. The number of hydrogen-bond donors (Lipinski definition) is 3. The third-order valence-electron chi connectivity index (χ3n) is 5.52. The number of phenols is 1. The zero-order chi connectivity index (χ0) is 20.8. The number of nitrogens with zero attached hydrogens (tertiary/aromatic N) is 3. The van der Waals surface area contributed by atoms with Crippen molar-refractivity contribution >= 4 is 21.1 Å². The minimum atomic E-state index is -3.69. The van der Waals surface area contributed by atoms with Crippen molar-refractivity contribution in [3.63, 3.8) is 0 Å². The summed E-state index contributed by atoms with van der Waals surface area (Å²) in [6.45, 7) is 0. The molecule has 0 bridgehead atoms. The Labute approximate surface area is 167 Å². The van der Waals surface area contributed by atoms with E-state index in [1.807, 2.05) is 0 Å². The molecule has 0 aliphatic heterocycles. The third kappa shape index (κ3) is 3.42. The molecule has 1 aromatic carbocycles. The van der Waals surface area contributed by atoms with Crippen LogP contribution in [0.1, 0.15) is 43.7 Å². The predicted molar refractivity (Wildman–Crippen MR) is 108 cm³/mol. The fraction of sp³-hybridized carbons (Fsp3) is 0.421. The van der Waals surface area contributed by atoms with Gasteiger partial charge in [0.25, 0.3) is 5.56 Å². The van der Waals surface area contributed by atoms with Crippen molar-refractivity contribution in [2.45, 2.75) is 42.9 Å². The highest BCUT2D eigenvalue weighted by Gasteiger charge is 2.25. The van der Waals surface area contributed by atoms with Gasteiger partial charge >= 0.3 is 0 Å². The van der Waals surface area contributed by atoms with E-state index in [1.54, 1.807) is 11.7 Å². The molecule has 2 heterocycles. The molecule has 0 unspecified atom stereocenters. The first-order valence-corrected chi connectivity index (χ1v) is 11.0. The first-order valence-electron chi connectivity index (χ1n) is 9.55. The van der Waals surface area contributed by atoms with Crippen LogP contribution in [-0.4, -0.2) is 40.3 Å². The number of hydrogen-bond acceptors (Lipinski definition) is 6. The second-order valence-corrected chi connectivity index (χ2v) is 9.23. The second kappa shape index (κ2) is 7.27. The van der Waals surface area contributed by atoms with Crippen LogP contribution in [0.5, 0.6) is 5.75 Å². The number of nitrogens with one attached hydrogen (secondary N) is 2. The van der Waals surface area contributed by atoms with Crippen LogP contribution in [0, 0.1) is 0 Å². The maximum absolute atomic E-state index is 12.9. The predicted octanol–water partition coefficient (Wildman–Crippen LogP) is 1.98. The standard InChI is InChI=1S/C19H23N5O4S/c1-20-29(27,28)12-8-9-13(14(25)10-12)17-21-18-15(19(26)22-17)16(23-24(18)2)11-6-4-3-5-7-11/h8-11,20,25H,3-7H2,1-2H3,(H,21,22,26). The topological polar surface area (TPSA) is 130 Å². The molecule has 1 fully saturated rings. The number of benzene rings is 1. The lowest BCUT2D eigenvalue weighted by Crippen LogP contribution is -2.18. The van der Waals surface area contributed by atoms with Crippen LogP contribution in [0.15, 0.2) is 27.9 Å². The van der Waals surface area contributed by atoms with Crippen molar-refractivity contribution in [1.82, 2.24) is 24.5 Å². The number of aromatic hydroxyl groups is 1. The van der Waals surface area contributed by atoms with Gasteiger partial charge in [0, 0.05) is 19.0 Å². The summed E-state index contributed by atoms with van der Waals surface area (Å²) >= 11 is 0. The van der Waals surface area contributed by atoms with Gasteiger partial charge in [-0.15, -0.1) is 0 Å². The molecule has 0 spiro atoms. The number of aromatic nitrogens is 4. The highest BCUT2D eigenvalue weighted by Crippen LogP contribution is 2.35. The van der Waals surface area contributed by atoms with E-state index in [0.29, 0.717) is 11.0 Å². The van der Waals surface area contributed by atoms with Crippen LogP contribution < -0.4 is 10.3 Å². The first-order chi connectivity index (χ1) is 13.8. The molecule has 29 heavy (non-hydrogen) atoms. The van der Waals surface area contributed by atoms with Crippen molar-refractivity contribution < 1.29 is 13.5 Å². The minimum Gasteiger partial charge on any atom is -0.507 e. The highest BCUT2D eigenvalue weighted by atomic mass is 32.2. The lowest BCUT2D eigenvalue weighted by atomic mass is 9.86.